The Morgan fingerprint density at radius 2 is 1.18 bits per heavy atom. The van der Waals surface area contributed by atoms with Gasteiger partial charge >= 0.3 is 0 Å². The zero-order chi connectivity index (χ0) is 15.7. The molecule has 3 aromatic rings. The molecule has 0 saturated carbocycles. The van der Waals surface area contributed by atoms with E-state index in [2.05, 4.69) is 90.7 Å². The summed E-state index contributed by atoms with van der Waals surface area (Å²) in [5, 5.41) is 1.26. The summed E-state index contributed by atoms with van der Waals surface area (Å²) in [6.07, 6.45) is 0. The first-order valence-corrected chi connectivity index (χ1v) is 8.16. The molecule has 1 unspecified atom stereocenters. The third-order valence-corrected chi connectivity index (χ3v) is 4.84. The predicted octanol–water partition coefficient (Wildman–Crippen LogP) is 5.45. The van der Waals surface area contributed by atoms with Gasteiger partial charge in [0.1, 0.15) is 0 Å². The number of hydrogen-bond acceptors (Lipinski definition) is 0. The molecule has 0 spiro atoms. The molecule has 1 atom stereocenters. The highest BCUT2D eigenvalue weighted by Gasteiger charge is 2.06. The lowest BCUT2D eigenvalue weighted by Gasteiger charge is -2.11. The number of hydrogen-bond donors (Lipinski definition) is 0. The summed E-state index contributed by atoms with van der Waals surface area (Å²) < 4.78 is 0. The summed E-state index contributed by atoms with van der Waals surface area (Å²) in [6, 6.07) is 22.1. The third-order valence-electron chi connectivity index (χ3n) is 4.19. The Hall–Kier alpha value is -1.91. The fourth-order valence-electron chi connectivity index (χ4n) is 2.76. The molecule has 0 heterocycles. The van der Waals surface area contributed by atoms with Crippen LogP contribution in [0.5, 0.6) is 0 Å². The van der Waals surface area contributed by atoms with Gasteiger partial charge in [-0.2, -0.15) is 0 Å². The summed E-state index contributed by atoms with van der Waals surface area (Å²) in [7, 11) is 2.79. The molecule has 0 saturated heterocycles. The van der Waals surface area contributed by atoms with Crippen molar-refractivity contribution >= 4 is 14.5 Å². The van der Waals surface area contributed by atoms with Crippen LogP contribution in [-0.4, -0.2) is 0 Å². The first kappa shape index (κ1) is 15.0. The molecule has 0 nitrogen and oxygen atoms in total. The molecule has 0 fully saturated rings. The van der Waals surface area contributed by atoms with Crippen molar-refractivity contribution in [1.82, 2.24) is 0 Å². The van der Waals surface area contributed by atoms with E-state index in [1.54, 1.807) is 0 Å². The molecule has 0 radical (unpaired) electrons. The van der Waals surface area contributed by atoms with E-state index in [1.165, 1.54) is 44.2 Å². The van der Waals surface area contributed by atoms with E-state index in [4.69, 9.17) is 0 Å². The highest BCUT2D eigenvalue weighted by Crippen LogP contribution is 2.29. The van der Waals surface area contributed by atoms with Crippen LogP contribution in [0.25, 0.3) is 22.3 Å². The summed E-state index contributed by atoms with van der Waals surface area (Å²) in [4.78, 5) is 0. The Balaban J connectivity index is 2.01. The number of benzene rings is 3. The van der Waals surface area contributed by atoms with Crippen molar-refractivity contribution in [3.05, 3.63) is 77.4 Å². The highest BCUT2D eigenvalue weighted by molar-refractivity contribution is 7.27. The van der Waals surface area contributed by atoms with Crippen LogP contribution in [0, 0.1) is 20.8 Å². The van der Waals surface area contributed by atoms with Gasteiger partial charge in [-0.3, -0.25) is 0 Å². The Labute approximate surface area is 135 Å². The summed E-state index contributed by atoms with van der Waals surface area (Å²) in [5.74, 6) is 0. The number of aryl methyl sites for hydroxylation is 3. The van der Waals surface area contributed by atoms with E-state index in [0.717, 1.165) is 0 Å². The van der Waals surface area contributed by atoms with E-state index < -0.39 is 0 Å². The van der Waals surface area contributed by atoms with Gasteiger partial charge in [0.05, 0.1) is 0 Å². The van der Waals surface area contributed by atoms with Gasteiger partial charge in [-0.25, -0.2) is 0 Å². The fraction of sp³-hybridized carbons (Fsp3) is 0.143. The molecule has 0 aliphatic carbocycles. The second-order valence-electron chi connectivity index (χ2n) is 5.97. The Kier molecular flexibility index (Phi) is 4.14. The molecule has 110 valence electrons. The minimum Gasteiger partial charge on any atom is -0.105 e. The maximum absolute atomic E-state index is 2.79. The van der Waals surface area contributed by atoms with Crippen LogP contribution in [0.3, 0.4) is 0 Å². The van der Waals surface area contributed by atoms with Crippen LogP contribution in [0.4, 0.5) is 0 Å². The Morgan fingerprint density at radius 1 is 0.591 bits per heavy atom. The molecular formula is C21H21P. The molecule has 0 aliphatic heterocycles. The Morgan fingerprint density at radius 3 is 1.82 bits per heavy atom. The summed E-state index contributed by atoms with van der Waals surface area (Å²) >= 11 is 0. The van der Waals surface area contributed by atoms with Gasteiger partial charge in [0.2, 0.25) is 0 Å². The van der Waals surface area contributed by atoms with Gasteiger partial charge in [0, 0.05) is 0 Å². The van der Waals surface area contributed by atoms with Crippen molar-refractivity contribution < 1.29 is 0 Å². The highest BCUT2D eigenvalue weighted by atomic mass is 31.0. The second kappa shape index (κ2) is 6.07. The van der Waals surface area contributed by atoms with Crippen LogP contribution in [0.15, 0.2) is 60.7 Å². The van der Waals surface area contributed by atoms with Crippen molar-refractivity contribution in [1.29, 1.82) is 0 Å². The van der Waals surface area contributed by atoms with E-state index in [9.17, 15) is 0 Å². The van der Waals surface area contributed by atoms with Crippen molar-refractivity contribution in [3.63, 3.8) is 0 Å². The topological polar surface area (TPSA) is 0 Å². The van der Waals surface area contributed by atoms with Crippen LogP contribution in [0.2, 0.25) is 0 Å². The van der Waals surface area contributed by atoms with Gasteiger partial charge in [0.25, 0.3) is 0 Å². The van der Waals surface area contributed by atoms with Gasteiger partial charge in [0.15, 0.2) is 0 Å². The molecule has 0 aliphatic rings. The van der Waals surface area contributed by atoms with Gasteiger partial charge < -0.3 is 0 Å². The van der Waals surface area contributed by atoms with E-state index in [-0.39, 0.29) is 0 Å². The van der Waals surface area contributed by atoms with Crippen LogP contribution < -0.4 is 5.30 Å². The maximum atomic E-state index is 2.79. The average molecular weight is 304 g/mol. The van der Waals surface area contributed by atoms with Crippen LogP contribution in [0.1, 0.15) is 16.7 Å². The van der Waals surface area contributed by atoms with Crippen LogP contribution in [-0.2, 0) is 0 Å². The number of rotatable bonds is 2. The van der Waals surface area contributed by atoms with Crippen molar-refractivity contribution in [2.45, 2.75) is 20.8 Å². The van der Waals surface area contributed by atoms with Crippen molar-refractivity contribution in [2.75, 3.05) is 0 Å². The lowest BCUT2D eigenvalue weighted by atomic mass is 9.95. The summed E-state index contributed by atoms with van der Waals surface area (Å²) in [5.41, 5.74) is 9.07. The van der Waals surface area contributed by atoms with E-state index in [0.29, 0.717) is 0 Å². The first-order chi connectivity index (χ1) is 10.5. The molecule has 0 amide bonds. The molecule has 0 N–H and O–H groups in total. The van der Waals surface area contributed by atoms with Gasteiger partial charge in [-0.05, 0) is 59.5 Å². The summed E-state index contributed by atoms with van der Waals surface area (Å²) in [6.45, 7) is 6.47. The maximum Gasteiger partial charge on any atom is -0.0154 e. The molecular weight excluding hydrogens is 283 g/mol. The fourth-order valence-corrected chi connectivity index (χ4v) is 2.94. The van der Waals surface area contributed by atoms with Gasteiger partial charge in [-0.15, -0.1) is 9.24 Å². The lowest BCUT2D eigenvalue weighted by molar-refractivity contribution is 1.43. The normalized spacial score (nSPS) is 10.7. The molecule has 0 bridgehead atoms. The zero-order valence-electron chi connectivity index (χ0n) is 13.4. The Bertz CT molecular complexity index is 814. The van der Waals surface area contributed by atoms with Crippen molar-refractivity contribution in [2.24, 2.45) is 0 Å². The van der Waals surface area contributed by atoms with Crippen molar-refractivity contribution in [3.8, 4) is 22.3 Å². The zero-order valence-corrected chi connectivity index (χ0v) is 14.5. The second-order valence-corrected chi connectivity index (χ2v) is 6.59. The molecule has 1 heteroatoms. The largest absolute Gasteiger partial charge is 0.105 e. The quantitative estimate of drug-likeness (QED) is 0.553. The smallest absolute Gasteiger partial charge is 0.0154 e. The minimum absolute atomic E-state index is 1.26. The van der Waals surface area contributed by atoms with E-state index >= 15 is 0 Å². The van der Waals surface area contributed by atoms with Gasteiger partial charge in [-0.1, -0.05) is 66.2 Å². The average Bonchev–Trinajstić information content (AvgIpc) is 2.51. The molecule has 22 heavy (non-hydrogen) atoms. The minimum atomic E-state index is 1.26. The molecule has 0 aromatic heterocycles. The lowest BCUT2D eigenvalue weighted by Crippen LogP contribution is -1.96. The first-order valence-electron chi connectivity index (χ1n) is 7.59. The standard InChI is InChI=1S/C21H21P/c1-14-4-6-17(7-5-14)18-8-10-20(15(2)12-18)19-9-11-21(22)16(3)13-19/h4-13H,22H2,1-3H3. The SMILES string of the molecule is Cc1ccc(-c2ccc(-c3ccc(P)c(C)c3)c(C)c2)cc1. The van der Waals surface area contributed by atoms with Crippen LogP contribution >= 0.6 is 9.24 Å². The monoisotopic (exact) mass is 304 g/mol. The molecule has 3 aromatic carbocycles. The van der Waals surface area contributed by atoms with E-state index in [1.807, 2.05) is 0 Å². The third kappa shape index (κ3) is 2.98. The molecule has 3 rings (SSSR count). The predicted molar refractivity (Wildman–Crippen MR) is 101 cm³/mol.